The van der Waals surface area contributed by atoms with Gasteiger partial charge in [-0.1, -0.05) is 19.1 Å². The van der Waals surface area contributed by atoms with Crippen LogP contribution in [0.5, 0.6) is 11.5 Å². The fourth-order valence-electron chi connectivity index (χ4n) is 1.78. The van der Waals surface area contributed by atoms with Crippen LogP contribution >= 0.6 is 0 Å². The first-order valence-electron chi connectivity index (χ1n) is 6.84. The zero-order valence-electron chi connectivity index (χ0n) is 11.7. The first-order valence-corrected chi connectivity index (χ1v) is 6.84. The standard InChI is InChI=1S/C16H20N2O2/c1-2-13-6-8-14(9-7-13)19-11-4-12-20-15-5-3-10-18-16(15)17/h3,5-10H,2,4,11-12H2,1H3,(H2,17,18). The Morgan fingerprint density at radius 3 is 2.50 bits per heavy atom. The molecule has 4 heteroatoms. The highest BCUT2D eigenvalue weighted by molar-refractivity contribution is 5.44. The smallest absolute Gasteiger partial charge is 0.166 e. The van der Waals surface area contributed by atoms with Gasteiger partial charge < -0.3 is 15.2 Å². The molecule has 2 rings (SSSR count). The van der Waals surface area contributed by atoms with Gasteiger partial charge in [-0.05, 0) is 36.2 Å². The van der Waals surface area contributed by atoms with Crippen molar-refractivity contribution < 1.29 is 9.47 Å². The predicted octanol–water partition coefficient (Wildman–Crippen LogP) is 3.07. The summed E-state index contributed by atoms with van der Waals surface area (Å²) in [6, 6.07) is 11.8. The van der Waals surface area contributed by atoms with E-state index in [-0.39, 0.29) is 0 Å². The van der Waals surface area contributed by atoms with Crippen molar-refractivity contribution in [1.29, 1.82) is 0 Å². The summed E-state index contributed by atoms with van der Waals surface area (Å²) in [5.41, 5.74) is 7.00. The fourth-order valence-corrected chi connectivity index (χ4v) is 1.78. The van der Waals surface area contributed by atoms with Gasteiger partial charge >= 0.3 is 0 Å². The van der Waals surface area contributed by atoms with Crippen molar-refractivity contribution in [3.05, 3.63) is 48.2 Å². The van der Waals surface area contributed by atoms with Crippen molar-refractivity contribution in [2.75, 3.05) is 18.9 Å². The van der Waals surface area contributed by atoms with Crippen molar-refractivity contribution >= 4 is 5.82 Å². The van der Waals surface area contributed by atoms with Crippen LogP contribution in [0, 0.1) is 0 Å². The van der Waals surface area contributed by atoms with Gasteiger partial charge in [-0.2, -0.15) is 0 Å². The van der Waals surface area contributed by atoms with Crippen molar-refractivity contribution in [2.45, 2.75) is 19.8 Å². The molecule has 0 spiro atoms. The Morgan fingerprint density at radius 2 is 1.80 bits per heavy atom. The molecule has 0 aliphatic carbocycles. The number of benzene rings is 1. The zero-order valence-corrected chi connectivity index (χ0v) is 11.7. The third-order valence-electron chi connectivity index (χ3n) is 2.95. The minimum atomic E-state index is 0.420. The van der Waals surface area contributed by atoms with Gasteiger partial charge in [0.05, 0.1) is 13.2 Å². The van der Waals surface area contributed by atoms with Gasteiger partial charge in [0.15, 0.2) is 11.6 Å². The molecule has 0 amide bonds. The quantitative estimate of drug-likeness (QED) is 0.787. The van der Waals surface area contributed by atoms with E-state index in [9.17, 15) is 0 Å². The molecular weight excluding hydrogens is 252 g/mol. The van der Waals surface area contributed by atoms with Crippen LogP contribution in [0.3, 0.4) is 0 Å². The van der Waals surface area contributed by atoms with Crippen LogP contribution < -0.4 is 15.2 Å². The normalized spacial score (nSPS) is 10.2. The Morgan fingerprint density at radius 1 is 1.05 bits per heavy atom. The fraction of sp³-hybridized carbons (Fsp3) is 0.312. The average Bonchev–Trinajstić information content (AvgIpc) is 2.49. The number of nitrogens with zero attached hydrogens (tertiary/aromatic N) is 1. The maximum Gasteiger partial charge on any atom is 0.166 e. The van der Waals surface area contributed by atoms with Gasteiger partial charge in [-0.3, -0.25) is 0 Å². The summed E-state index contributed by atoms with van der Waals surface area (Å²) in [6.07, 6.45) is 3.48. The van der Waals surface area contributed by atoms with Crippen LogP contribution in [0.4, 0.5) is 5.82 Å². The van der Waals surface area contributed by atoms with Crippen molar-refractivity contribution in [1.82, 2.24) is 4.98 Å². The summed E-state index contributed by atoms with van der Waals surface area (Å²) in [5.74, 6) is 1.94. The molecule has 0 unspecified atom stereocenters. The lowest BCUT2D eigenvalue weighted by molar-refractivity contribution is 0.248. The van der Waals surface area contributed by atoms with Crippen molar-refractivity contribution in [3.63, 3.8) is 0 Å². The molecule has 0 fully saturated rings. The summed E-state index contributed by atoms with van der Waals surface area (Å²) in [6.45, 7) is 3.31. The Labute approximate surface area is 119 Å². The number of pyridine rings is 1. The summed E-state index contributed by atoms with van der Waals surface area (Å²) in [4.78, 5) is 3.96. The maximum atomic E-state index is 5.69. The van der Waals surface area contributed by atoms with E-state index in [1.54, 1.807) is 12.3 Å². The van der Waals surface area contributed by atoms with E-state index < -0.39 is 0 Å². The minimum absolute atomic E-state index is 0.420. The lowest BCUT2D eigenvalue weighted by Gasteiger charge is -2.09. The Kier molecular flexibility index (Phi) is 5.24. The van der Waals surface area contributed by atoms with E-state index in [0.717, 1.165) is 18.6 Å². The third kappa shape index (κ3) is 4.16. The van der Waals surface area contributed by atoms with Crippen LogP contribution in [0.2, 0.25) is 0 Å². The average molecular weight is 272 g/mol. The van der Waals surface area contributed by atoms with Crippen LogP contribution in [-0.4, -0.2) is 18.2 Å². The number of ether oxygens (including phenoxy) is 2. The minimum Gasteiger partial charge on any atom is -0.493 e. The predicted molar refractivity (Wildman–Crippen MR) is 80.1 cm³/mol. The lowest BCUT2D eigenvalue weighted by atomic mass is 10.2. The molecule has 2 N–H and O–H groups in total. The molecule has 1 aromatic heterocycles. The molecule has 2 aromatic rings. The van der Waals surface area contributed by atoms with Crippen LogP contribution in [0.1, 0.15) is 18.9 Å². The van der Waals surface area contributed by atoms with Crippen molar-refractivity contribution in [3.8, 4) is 11.5 Å². The van der Waals surface area contributed by atoms with Crippen LogP contribution in [0.15, 0.2) is 42.6 Å². The summed E-state index contributed by atoms with van der Waals surface area (Å²) < 4.78 is 11.2. The van der Waals surface area contributed by atoms with Crippen molar-refractivity contribution in [2.24, 2.45) is 0 Å². The molecule has 1 aromatic carbocycles. The molecule has 0 radical (unpaired) electrons. The maximum absolute atomic E-state index is 5.69. The first kappa shape index (κ1) is 14.2. The van der Waals surface area contributed by atoms with Crippen LogP contribution in [0.25, 0.3) is 0 Å². The number of aryl methyl sites for hydroxylation is 1. The molecule has 0 atom stereocenters. The highest BCUT2D eigenvalue weighted by atomic mass is 16.5. The second kappa shape index (κ2) is 7.38. The number of hydrogen-bond acceptors (Lipinski definition) is 4. The molecule has 0 aliphatic rings. The van der Waals surface area contributed by atoms with E-state index in [1.807, 2.05) is 18.2 Å². The molecule has 1 heterocycles. The zero-order chi connectivity index (χ0) is 14.2. The lowest BCUT2D eigenvalue weighted by Crippen LogP contribution is -2.06. The highest BCUT2D eigenvalue weighted by Gasteiger charge is 2.00. The van der Waals surface area contributed by atoms with E-state index in [2.05, 4.69) is 24.0 Å². The van der Waals surface area contributed by atoms with Gasteiger partial charge in [0.2, 0.25) is 0 Å². The number of nitrogen functional groups attached to an aromatic ring is 1. The van der Waals surface area contributed by atoms with Gasteiger partial charge in [0.1, 0.15) is 5.75 Å². The van der Waals surface area contributed by atoms with Gasteiger partial charge in [-0.15, -0.1) is 0 Å². The summed E-state index contributed by atoms with van der Waals surface area (Å²) in [7, 11) is 0. The molecular formula is C16H20N2O2. The molecule has 0 saturated heterocycles. The topological polar surface area (TPSA) is 57.4 Å². The number of nitrogens with two attached hydrogens (primary N) is 1. The highest BCUT2D eigenvalue weighted by Crippen LogP contribution is 2.17. The number of hydrogen-bond donors (Lipinski definition) is 1. The SMILES string of the molecule is CCc1ccc(OCCCOc2cccnc2N)cc1. The third-order valence-corrected chi connectivity index (χ3v) is 2.95. The van der Waals surface area contributed by atoms with Gasteiger partial charge in [0, 0.05) is 12.6 Å². The number of aromatic nitrogens is 1. The largest absolute Gasteiger partial charge is 0.493 e. The Hall–Kier alpha value is -2.23. The Bertz CT molecular complexity index is 526. The number of rotatable bonds is 7. The van der Waals surface area contributed by atoms with E-state index in [4.69, 9.17) is 15.2 Å². The van der Waals surface area contributed by atoms with E-state index in [0.29, 0.717) is 24.8 Å². The molecule has 4 nitrogen and oxygen atoms in total. The Balaban J connectivity index is 1.67. The van der Waals surface area contributed by atoms with Gasteiger partial charge in [0.25, 0.3) is 0 Å². The molecule has 0 saturated carbocycles. The van der Waals surface area contributed by atoms with Gasteiger partial charge in [-0.25, -0.2) is 4.98 Å². The second-order valence-corrected chi connectivity index (χ2v) is 4.43. The van der Waals surface area contributed by atoms with Crippen LogP contribution in [-0.2, 0) is 6.42 Å². The summed E-state index contributed by atoms with van der Waals surface area (Å²) >= 11 is 0. The molecule has 0 aliphatic heterocycles. The molecule has 106 valence electrons. The second-order valence-electron chi connectivity index (χ2n) is 4.43. The first-order chi connectivity index (χ1) is 9.79. The van der Waals surface area contributed by atoms with E-state index in [1.165, 1.54) is 5.56 Å². The molecule has 0 bridgehead atoms. The monoisotopic (exact) mass is 272 g/mol. The number of anilines is 1. The molecule has 20 heavy (non-hydrogen) atoms. The van der Waals surface area contributed by atoms with E-state index >= 15 is 0 Å². The summed E-state index contributed by atoms with van der Waals surface area (Å²) in [5, 5.41) is 0.